The number of para-hydroxylation sites is 1. The summed E-state index contributed by atoms with van der Waals surface area (Å²) in [7, 11) is 0. The van der Waals surface area contributed by atoms with Gasteiger partial charge < -0.3 is 10.6 Å². The standard InChI is InChI=1S/C12H15N5/c13-10-6-7-16(9-10)12-8-14-15-17(12)11-4-2-1-3-5-11/h1-5,8,10H,6-7,9,13H2. The quantitative estimate of drug-likeness (QED) is 0.827. The van der Waals surface area contributed by atoms with Gasteiger partial charge >= 0.3 is 0 Å². The van der Waals surface area contributed by atoms with Crippen molar-refractivity contribution in [1.82, 2.24) is 15.0 Å². The smallest absolute Gasteiger partial charge is 0.153 e. The molecule has 17 heavy (non-hydrogen) atoms. The third-order valence-corrected chi connectivity index (χ3v) is 3.08. The van der Waals surface area contributed by atoms with E-state index in [1.807, 2.05) is 35.0 Å². The second kappa shape index (κ2) is 4.18. The van der Waals surface area contributed by atoms with Crippen LogP contribution in [0.5, 0.6) is 0 Å². The topological polar surface area (TPSA) is 60.0 Å². The van der Waals surface area contributed by atoms with Crippen LogP contribution in [0.15, 0.2) is 36.5 Å². The number of hydrogen-bond acceptors (Lipinski definition) is 4. The fraction of sp³-hybridized carbons (Fsp3) is 0.333. The van der Waals surface area contributed by atoms with Crippen LogP contribution in [-0.2, 0) is 0 Å². The molecule has 0 aliphatic carbocycles. The Morgan fingerprint density at radius 3 is 2.76 bits per heavy atom. The number of rotatable bonds is 2. The van der Waals surface area contributed by atoms with Crippen LogP contribution in [0.4, 0.5) is 5.82 Å². The molecule has 1 aliphatic heterocycles. The van der Waals surface area contributed by atoms with Crippen LogP contribution < -0.4 is 10.6 Å². The molecule has 1 aromatic heterocycles. The van der Waals surface area contributed by atoms with Crippen LogP contribution in [0, 0.1) is 0 Å². The Kier molecular flexibility index (Phi) is 2.53. The van der Waals surface area contributed by atoms with E-state index >= 15 is 0 Å². The summed E-state index contributed by atoms with van der Waals surface area (Å²) in [5.41, 5.74) is 6.96. The Morgan fingerprint density at radius 2 is 2.06 bits per heavy atom. The highest BCUT2D eigenvalue weighted by atomic mass is 15.5. The normalized spacial score (nSPS) is 19.8. The predicted molar refractivity (Wildman–Crippen MR) is 66.2 cm³/mol. The van der Waals surface area contributed by atoms with Gasteiger partial charge in [-0.05, 0) is 18.6 Å². The number of anilines is 1. The van der Waals surface area contributed by atoms with Crippen molar-refractivity contribution >= 4 is 5.82 Å². The highest BCUT2D eigenvalue weighted by Gasteiger charge is 2.22. The summed E-state index contributed by atoms with van der Waals surface area (Å²) in [5, 5.41) is 8.14. The van der Waals surface area contributed by atoms with Gasteiger partial charge in [0.1, 0.15) is 0 Å². The van der Waals surface area contributed by atoms with Crippen LogP contribution in [0.3, 0.4) is 0 Å². The van der Waals surface area contributed by atoms with E-state index in [9.17, 15) is 0 Å². The van der Waals surface area contributed by atoms with Gasteiger partial charge in [0.05, 0.1) is 11.9 Å². The van der Waals surface area contributed by atoms with Gasteiger partial charge in [-0.1, -0.05) is 23.4 Å². The lowest BCUT2D eigenvalue weighted by atomic mass is 10.3. The Labute approximate surface area is 99.8 Å². The van der Waals surface area contributed by atoms with E-state index in [1.165, 1.54) is 0 Å². The summed E-state index contributed by atoms with van der Waals surface area (Å²) in [5.74, 6) is 1.02. The molecule has 0 saturated carbocycles. The molecule has 5 nitrogen and oxygen atoms in total. The maximum absolute atomic E-state index is 5.93. The first-order chi connectivity index (χ1) is 8.34. The number of benzene rings is 1. The Bertz CT molecular complexity index is 493. The SMILES string of the molecule is NC1CCN(c2cnnn2-c2ccccc2)C1. The molecule has 1 unspecified atom stereocenters. The molecule has 3 rings (SSSR count). The van der Waals surface area contributed by atoms with Crippen molar-refractivity contribution in [2.24, 2.45) is 5.73 Å². The van der Waals surface area contributed by atoms with E-state index in [-0.39, 0.29) is 6.04 Å². The number of hydrogen-bond donors (Lipinski definition) is 1. The average molecular weight is 229 g/mol. The fourth-order valence-electron chi connectivity index (χ4n) is 2.19. The fourth-order valence-corrected chi connectivity index (χ4v) is 2.19. The molecular weight excluding hydrogens is 214 g/mol. The first-order valence-electron chi connectivity index (χ1n) is 5.81. The molecule has 0 radical (unpaired) electrons. The summed E-state index contributed by atoms with van der Waals surface area (Å²) < 4.78 is 1.86. The first kappa shape index (κ1) is 10.3. The molecule has 1 fully saturated rings. The molecule has 2 N–H and O–H groups in total. The van der Waals surface area contributed by atoms with Crippen molar-refractivity contribution in [1.29, 1.82) is 0 Å². The summed E-state index contributed by atoms with van der Waals surface area (Å²) in [6.07, 6.45) is 2.82. The Balaban J connectivity index is 1.95. The molecular formula is C12H15N5. The van der Waals surface area contributed by atoms with Crippen LogP contribution in [0.2, 0.25) is 0 Å². The maximum atomic E-state index is 5.93. The number of aromatic nitrogens is 3. The molecule has 0 spiro atoms. The van der Waals surface area contributed by atoms with E-state index < -0.39 is 0 Å². The van der Waals surface area contributed by atoms with Crippen LogP contribution in [0.1, 0.15) is 6.42 Å². The van der Waals surface area contributed by atoms with E-state index in [2.05, 4.69) is 15.2 Å². The van der Waals surface area contributed by atoms with Crippen molar-refractivity contribution in [2.75, 3.05) is 18.0 Å². The Morgan fingerprint density at radius 1 is 1.24 bits per heavy atom. The highest BCUT2D eigenvalue weighted by Crippen LogP contribution is 2.21. The van der Waals surface area contributed by atoms with Crippen molar-refractivity contribution in [3.05, 3.63) is 36.5 Å². The van der Waals surface area contributed by atoms with Gasteiger partial charge in [0.2, 0.25) is 0 Å². The van der Waals surface area contributed by atoms with Gasteiger partial charge in [-0.25, -0.2) is 0 Å². The summed E-state index contributed by atoms with van der Waals surface area (Å²) in [6, 6.07) is 10.3. The van der Waals surface area contributed by atoms with E-state index in [1.54, 1.807) is 6.20 Å². The number of nitrogens with two attached hydrogens (primary N) is 1. The van der Waals surface area contributed by atoms with Crippen LogP contribution in [-0.4, -0.2) is 34.1 Å². The zero-order chi connectivity index (χ0) is 11.7. The van der Waals surface area contributed by atoms with Crippen molar-refractivity contribution in [3.63, 3.8) is 0 Å². The van der Waals surface area contributed by atoms with Gasteiger partial charge in [0.15, 0.2) is 5.82 Å². The number of nitrogens with zero attached hydrogens (tertiary/aromatic N) is 4. The second-order valence-corrected chi connectivity index (χ2v) is 4.33. The van der Waals surface area contributed by atoms with Gasteiger partial charge in [0, 0.05) is 19.1 Å². The van der Waals surface area contributed by atoms with E-state index in [4.69, 9.17) is 5.73 Å². The van der Waals surface area contributed by atoms with E-state index in [0.717, 1.165) is 31.0 Å². The third-order valence-electron chi connectivity index (χ3n) is 3.08. The molecule has 1 aromatic carbocycles. The minimum Gasteiger partial charge on any atom is -0.354 e. The van der Waals surface area contributed by atoms with Crippen LogP contribution >= 0.6 is 0 Å². The average Bonchev–Trinajstić information content (AvgIpc) is 2.98. The van der Waals surface area contributed by atoms with E-state index in [0.29, 0.717) is 0 Å². The third kappa shape index (κ3) is 1.89. The molecule has 88 valence electrons. The largest absolute Gasteiger partial charge is 0.354 e. The molecule has 1 atom stereocenters. The molecule has 2 aromatic rings. The summed E-state index contributed by atoms with van der Waals surface area (Å²) in [4.78, 5) is 2.23. The first-order valence-corrected chi connectivity index (χ1v) is 5.81. The zero-order valence-corrected chi connectivity index (χ0v) is 9.53. The van der Waals surface area contributed by atoms with Crippen molar-refractivity contribution < 1.29 is 0 Å². The minimum atomic E-state index is 0.258. The monoisotopic (exact) mass is 229 g/mol. The summed E-state index contributed by atoms with van der Waals surface area (Å²) in [6.45, 7) is 1.85. The lowest BCUT2D eigenvalue weighted by molar-refractivity contribution is 0.745. The van der Waals surface area contributed by atoms with Crippen molar-refractivity contribution in [2.45, 2.75) is 12.5 Å². The molecule has 1 saturated heterocycles. The minimum absolute atomic E-state index is 0.258. The second-order valence-electron chi connectivity index (χ2n) is 4.33. The van der Waals surface area contributed by atoms with Gasteiger partial charge in [0.25, 0.3) is 0 Å². The van der Waals surface area contributed by atoms with Gasteiger partial charge in [-0.2, -0.15) is 4.68 Å². The molecule has 5 heteroatoms. The highest BCUT2D eigenvalue weighted by molar-refractivity contribution is 5.46. The van der Waals surface area contributed by atoms with Gasteiger partial charge in [-0.3, -0.25) is 0 Å². The van der Waals surface area contributed by atoms with Crippen molar-refractivity contribution in [3.8, 4) is 5.69 Å². The van der Waals surface area contributed by atoms with Gasteiger partial charge in [-0.15, -0.1) is 5.10 Å². The lowest BCUT2D eigenvalue weighted by Gasteiger charge is -2.18. The zero-order valence-electron chi connectivity index (χ0n) is 9.53. The lowest BCUT2D eigenvalue weighted by Crippen LogP contribution is -2.27. The summed E-state index contributed by atoms with van der Waals surface area (Å²) >= 11 is 0. The van der Waals surface area contributed by atoms with Crippen LogP contribution in [0.25, 0.3) is 5.69 Å². The maximum Gasteiger partial charge on any atom is 0.153 e. The Hall–Kier alpha value is -1.88. The predicted octanol–water partition coefficient (Wildman–Crippen LogP) is 0.805. The molecule has 0 bridgehead atoms. The molecule has 2 heterocycles. The molecule has 0 amide bonds. The molecule has 1 aliphatic rings.